The summed E-state index contributed by atoms with van der Waals surface area (Å²) in [6.07, 6.45) is 4.42. The summed E-state index contributed by atoms with van der Waals surface area (Å²) in [7, 11) is 0. The molecule has 0 spiro atoms. The smallest absolute Gasteiger partial charge is 0.0257 e. The molecule has 0 radical (unpaired) electrons. The Morgan fingerprint density at radius 3 is 2.31 bits per heavy atom. The van der Waals surface area contributed by atoms with E-state index in [-0.39, 0.29) is 0 Å². The summed E-state index contributed by atoms with van der Waals surface area (Å²) in [5.74, 6) is 0.626. The van der Waals surface area contributed by atoms with E-state index in [9.17, 15) is 0 Å². The zero-order valence-electron chi connectivity index (χ0n) is 8.96. The minimum atomic E-state index is 0.626. The normalized spacial score (nSPS) is 11.5. The Bertz CT molecular complexity index is 306. The van der Waals surface area contributed by atoms with Gasteiger partial charge in [-0.05, 0) is 36.5 Å². The Kier molecular flexibility index (Phi) is 3.30. The average Bonchev–Trinajstić information content (AvgIpc) is 2.07. The van der Waals surface area contributed by atoms with Gasteiger partial charge in [-0.2, -0.15) is 0 Å². The molecule has 0 atom stereocenters. The maximum atomic E-state index is 2.23. The summed E-state index contributed by atoms with van der Waals surface area (Å²) >= 11 is 0. The molecule has 70 valence electrons. The highest BCUT2D eigenvalue weighted by atomic mass is 14.0. The Hall–Kier alpha value is -1.04. The van der Waals surface area contributed by atoms with Gasteiger partial charge in [0.1, 0.15) is 0 Å². The molecule has 0 fully saturated rings. The van der Waals surface area contributed by atoms with Gasteiger partial charge in [0.15, 0.2) is 0 Å². The first-order valence-electron chi connectivity index (χ1n) is 4.85. The van der Waals surface area contributed by atoms with Crippen LogP contribution in [0.15, 0.2) is 24.3 Å². The van der Waals surface area contributed by atoms with Gasteiger partial charge in [0.2, 0.25) is 0 Å². The molecule has 0 aliphatic rings. The quantitative estimate of drug-likeness (QED) is 0.636. The zero-order chi connectivity index (χ0) is 9.84. The van der Waals surface area contributed by atoms with Crippen LogP contribution in [0.5, 0.6) is 0 Å². The molecule has 0 aromatic heterocycles. The van der Waals surface area contributed by atoms with Crippen molar-refractivity contribution in [2.75, 3.05) is 0 Å². The van der Waals surface area contributed by atoms with Crippen molar-refractivity contribution in [2.45, 2.75) is 27.7 Å². The fraction of sp³-hybridized carbons (Fsp3) is 0.385. The second-order valence-electron chi connectivity index (χ2n) is 3.95. The van der Waals surface area contributed by atoms with Gasteiger partial charge < -0.3 is 0 Å². The zero-order valence-corrected chi connectivity index (χ0v) is 8.96. The van der Waals surface area contributed by atoms with Crippen LogP contribution >= 0.6 is 0 Å². The van der Waals surface area contributed by atoms with Crippen molar-refractivity contribution in [3.05, 3.63) is 41.0 Å². The molecule has 0 heterocycles. The van der Waals surface area contributed by atoms with Gasteiger partial charge in [0.05, 0.1) is 0 Å². The number of rotatable bonds is 2. The van der Waals surface area contributed by atoms with Crippen molar-refractivity contribution in [3.63, 3.8) is 0 Å². The van der Waals surface area contributed by atoms with Gasteiger partial charge in [-0.3, -0.25) is 0 Å². The molecule has 0 nitrogen and oxygen atoms in total. The fourth-order valence-corrected chi connectivity index (χ4v) is 1.17. The summed E-state index contributed by atoms with van der Waals surface area (Å²) in [4.78, 5) is 0. The number of hydrogen-bond acceptors (Lipinski definition) is 0. The van der Waals surface area contributed by atoms with Crippen LogP contribution in [0.2, 0.25) is 0 Å². The molecule has 0 aliphatic carbocycles. The lowest BCUT2D eigenvalue weighted by Gasteiger charge is -2.01. The number of hydrogen-bond donors (Lipinski definition) is 0. The van der Waals surface area contributed by atoms with Crippen LogP contribution in [-0.2, 0) is 0 Å². The Morgan fingerprint density at radius 1 is 1.08 bits per heavy atom. The summed E-state index contributed by atoms with van der Waals surface area (Å²) < 4.78 is 0. The van der Waals surface area contributed by atoms with Crippen molar-refractivity contribution < 1.29 is 0 Å². The van der Waals surface area contributed by atoms with Crippen molar-refractivity contribution in [2.24, 2.45) is 5.92 Å². The highest BCUT2D eigenvalue weighted by Crippen LogP contribution is 2.11. The van der Waals surface area contributed by atoms with E-state index < -0.39 is 0 Å². The van der Waals surface area contributed by atoms with E-state index >= 15 is 0 Å². The Balaban J connectivity index is 2.85. The van der Waals surface area contributed by atoms with Gasteiger partial charge in [-0.25, -0.2) is 0 Å². The molecular formula is C13H18. The van der Waals surface area contributed by atoms with Gasteiger partial charge in [-0.1, -0.05) is 44.2 Å². The van der Waals surface area contributed by atoms with Gasteiger partial charge in [0, 0.05) is 0 Å². The summed E-state index contributed by atoms with van der Waals surface area (Å²) in [5, 5.41) is 0. The SMILES string of the molecule is Cc1ccc(/C=C/C(C)C)cc1C. The summed E-state index contributed by atoms with van der Waals surface area (Å²) in [5.41, 5.74) is 4.03. The number of aryl methyl sites for hydroxylation is 2. The van der Waals surface area contributed by atoms with Crippen molar-refractivity contribution in [1.82, 2.24) is 0 Å². The summed E-state index contributed by atoms with van der Waals surface area (Å²) in [6, 6.07) is 6.57. The summed E-state index contributed by atoms with van der Waals surface area (Å²) in [6.45, 7) is 8.68. The van der Waals surface area contributed by atoms with Crippen LogP contribution in [0.1, 0.15) is 30.5 Å². The highest BCUT2D eigenvalue weighted by molar-refractivity contribution is 5.51. The minimum absolute atomic E-state index is 0.626. The minimum Gasteiger partial charge on any atom is -0.0814 e. The molecule has 0 saturated carbocycles. The molecule has 0 N–H and O–H groups in total. The van der Waals surface area contributed by atoms with Crippen LogP contribution in [0.4, 0.5) is 0 Å². The van der Waals surface area contributed by atoms with Crippen molar-refractivity contribution in [3.8, 4) is 0 Å². The number of benzene rings is 1. The third-order valence-corrected chi connectivity index (χ3v) is 2.20. The van der Waals surface area contributed by atoms with Crippen LogP contribution in [0.25, 0.3) is 6.08 Å². The van der Waals surface area contributed by atoms with Crippen LogP contribution in [0.3, 0.4) is 0 Å². The Morgan fingerprint density at radius 2 is 1.77 bits per heavy atom. The van der Waals surface area contributed by atoms with Gasteiger partial charge in [-0.15, -0.1) is 0 Å². The lowest BCUT2D eigenvalue weighted by molar-refractivity contribution is 0.836. The molecule has 0 bridgehead atoms. The largest absolute Gasteiger partial charge is 0.0814 e. The maximum Gasteiger partial charge on any atom is -0.0257 e. The second kappa shape index (κ2) is 4.27. The van der Waals surface area contributed by atoms with E-state index in [0.29, 0.717) is 5.92 Å². The lowest BCUT2D eigenvalue weighted by Crippen LogP contribution is -1.82. The molecule has 0 amide bonds. The highest BCUT2D eigenvalue weighted by Gasteiger charge is 1.92. The predicted octanol–water partition coefficient (Wildman–Crippen LogP) is 3.97. The van der Waals surface area contributed by atoms with Crippen molar-refractivity contribution in [1.29, 1.82) is 0 Å². The van der Waals surface area contributed by atoms with E-state index in [4.69, 9.17) is 0 Å². The third-order valence-electron chi connectivity index (χ3n) is 2.20. The van der Waals surface area contributed by atoms with Crippen LogP contribution < -0.4 is 0 Å². The van der Waals surface area contributed by atoms with E-state index in [1.54, 1.807) is 0 Å². The number of allylic oxidation sites excluding steroid dienone is 1. The van der Waals surface area contributed by atoms with Crippen molar-refractivity contribution >= 4 is 6.08 Å². The van der Waals surface area contributed by atoms with Crippen LogP contribution in [-0.4, -0.2) is 0 Å². The molecule has 1 aromatic rings. The fourth-order valence-electron chi connectivity index (χ4n) is 1.17. The first-order chi connectivity index (χ1) is 6.09. The van der Waals surface area contributed by atoms with Gasteiger partial charge >= 0.3 is 0 Å². The molecule has 0 heteroatoms. The monoisotopic (exact) mass is 174 g/mol. The van der Waals surface area contributed by atoms with Gasteiger partial charge in [0.25, 0.3) is 0 Å². The average molecular weight is 174 g/mol. The maximum absolute atomic E-state index is 2.23. The lowest BCUT2D eigenvalue weighted by atomic mass is 10.0. The Labute approximate surface area is 81.3 Å². The molecule has 13 heavy (non-hydrogen) atoms. The topological polar surface area (TPSA) is 0 Å². The van der Waals surface area contributed by atoms with E-state index in [1.165, 1.54) is 16.7 Å². The van der Waals surface area contributed by atoms with E-state index in [0.717, 1.165) is 0 Å². The molecule has 1 aromatic carbocycles. The predicted molar refractivity (Wildman–Crippen MR) is 59.8 cm³/mol. The van der Waals surface area contributed by atoms with E-state index in [1.807, 2.05) is 0 Å². The standard InChI is InChI=1S/C13H18/c1-10(2)5-7-13-8-6-11(3)12(4)9-13/h5-10H,1-4H3/b7-5+. The first-order valence-corrected chi connectivity index (χ1v) is 4.85. The first kappa shape index (κ1) is 10.0. The van der Waals surface area contributed by atoms with Crippen LogP contribution in [0, 0.1) is 19.8 Å². The second-order valence-corrected chi connectivity index (χ2v) is 3.95. The third kappa shape index (κ3) is 3.06. The van der Waals surface area contributed by atoms with E-state index in [2.05, 4.69) is 58.0 Å². The molecule has 0 saturated heterocycles. The molecule has 0 aliphatic heterocycles. The molecular weight excluding hydrogens is 156 g/mol. The molecule has 1 rings (SSSR count). The molecule has 0 unspecified atom stereocenters.